The molecule has 0 spiro atoms. The van der Waals surface area contributed by atoms with Crippen LogP contribution in [0.3, 0.4) is 0 Å². The van der Waals surface area contributed by atoms with Crippen molar-refractivity contribution < 1.29 is 8.78 Å². The Morgan fingerprint density at radius 2 is 1.76 bits per heavy atom. The molecule has 0 unspecified atom stereocenters. The molecule has 0 aromatic heterocycles. The SMILES string of the molecule is CCc1ccc(C2=NC([C@](C)(F)CF)=N2)cc1. The minimum Gasteiger partial charge on any atom is -0.247 e. The highest BCUT2D eigenvalue weighted by molar-refractivity contribution is 6.20. The molecule has 1 heterocycles. The highest BCUT2D eigenvalue weighted by atomic mass is 19.2. The van der Waals surface area contributed by atoms with Crippen LogP contribution < -0.4 is 0 Å². The number of aliphatic imine (C=N–C) groups is 2. The van der Waals surface area contributed by atoms with Crippen LogP contribution in [0.5, 0.6) is 0 Å². The van der Waals surface area contributed by atoms with Crippen LogP contribution in [0.1, 0.15) is 25.0 Å². The van der Waals surface area contributed by atoms with Gasteiger partial charge in [-0.1, -0.05) is 31.2 Å². The Bertz CT molecular complexity index is 473. The van der Waals surface area contributed by atoms with Gasteiger partial charge < -0.3 is 0 Å². The van der Waals surface area contributed by atoms with E-state index in [1.807, 2.05) is 24.3 Å². The van der Waals surface area contributed by atoms with Crippen molar-refractivity contribution in [1.29, 1.82) is 0 Å². The summed E-state index contributed by atoms with van der Waals surface area (Å²) in [7, 11) is 0. The number of halogens is 2. The number of amidine groups is 2. The molecule has 0 saturated heterocycles. The average Bonchev–Trinajstić information content (AvgIpc) is 2.28. The smallest absolute Gasteiger partial charge is 0.195 e. The molecular weight excluding hydrogens is 222 g/mol. The predicted molar refractivity (Wildman–Crippen MR) is 65.3 cm³/mol. The summed E-state index contributed by atoms with van der Waals surface area (Å²) in [5.74, 6) is 0.412. The summed E-state index contributed by atoms with van der Waals surface area (Å²) < 4.78 is 25.8. The minimum absolute atomic E-state index is 0.0606. The van der Waals surface area contributed by atoms with E-state index in [4.69, 9.17) is 0 Å². The van der Waals surface area contributed by atoms with Gasteiger partial charge in [0.15, 0.2) is 17.3 Å². The van der Waals surface area contributed by atoms with Gasteiger partial charge in [-0.15, -0.1) is 0 Å². The summed E-state index contributed by atoms with van der Waals surface area (Å²) in [6, 6.07) is 7.75. The highest BCUT2D eigenvalue weighted by Gasteiger charge is 2.35. The van der Waals surface area contributed by atoms with Gasteiger partial charge in [-0.3, -0.25) is 0 Å². The van der Waals surface area contributed by atoms with E-state index in [1.54, 1.807) is 0 Å². The Hall–Kier alpha value is -1.58. The molecule has 0 amide bonds. The Morgan fingerprint density at radius 3 is 2.24 bits per heavy atom. The van der Waals surface area contributed by atoms with Crippen LogP contribution in [0.4, 0.5) is 8.78 Å². The zero-order valence-corrected chi connectivity index (χ0v) is 9.87. The monoisotopic (exact) mass is 236 g/mol. The molecule has 0 fully saturated rings. The summed E-state index contributed by atoms with van der Waals surface area (Å²) in [4.78, 5) is 7.88. The van der Waals surface area contributed by atoms with Gasteiger partial charge in [0.2, 0.25) is 0 Å². The summed E-state index contributed by atoms with van der Waals surface area (Å²) in [5.41, 5.74) is -0.00933. The maximum atomic E-state index is 13.5. The lowest BCUT2D eigenvalue weighted by atomic mass is 10.1. The van der Waals surface area contributed by atoms with Crippen molar-refractivity contribution in [1.82, 2.24) is 0 Å². The third kappa shape index (κ3) is 2.25. The number of hydrogen-bond acceptors (Lipinski definition) is 2. The molecule has 0 N–H and O–H groups in total. The van der Waals surface area contributed by atoms with Gasteiger partial charge in [0.1, 0.15) is 6.67 Å². The van der Waals surface area contributed by atoms with E-state index < -0.39 is 12.3 Å². The second-order valence-electron chi connectivity index (χ2n) is 4.25. The Labute approximate surface area is 99.1 Å². The standard InChI is InChI=1S/C13H14F2N2/c1-3-9-4-6-10(7-5-9)11-16-12(17-11)13(2,15)8-14/h4-7H,3,8H2,1-2H3/t13-/m1/s1. The van der Waals surface area contributed by atoms with Crippen LogP contribution in [0.2, 0.25) is 0 Å². The second kappa shape index (κ2) is 4.35. The number of hydrogen-bond donors (Lipinski definition) is 0. The lowest BCUT2D eigenvalue weighted by Gasteiger charge is -2.21. The van der Waals surface area contributed by atoms with E-state index in [0.29, 0.717) is 5.84 Å². The molecule has 0 aliphatic carbocycles. The van der Waals surface area contributed by atoms with E-state index in [2.05, 4.69) is 16.9 Å². The number of benzene rings is 1. The maximum Gasteiger partial charge on any atom is 0.195 e. The first kappa shape index (κ1) is 11.9. The van der Waals surface area contributed by atoms with E-state index in [0.717, 1.165) is 18.9 Å². The highest BCUT2D eigenvalue weighted by Crippen LogP contribution is 2.22. The second-order valence-corrected chi connectivity index (χ2v) is 4.25. The summed E-state index contributed by atoms with van der Waals surface area (Å²) >= 11 is 0. The number of alkyl halides is 2. The van der Waals surface area contributed by atoms with Gasteiger partial charge in [0.05, 0.1) is 0 Å². The van der Waals surface area contributed by atoms with Crippen molar-refractivity contribution >= 4 is 11.7 Å². The fourth-order valence-electron chi connectivity index (χ4n) is 1.52. The molecule has 1 aromatic carbocycles. The van der Waals surface area contributed by atoms with Gasteiger partial charge in [-0.25, -0.2) is 18.8 Å². The van der Waals surface area contributed by atoms with E-state index in [9.17, 15) is 8.78 Å². The summed E-state index contributed by atoms with van der Waals surface area (Å²) in [5, 5.41) is 0. The van der Waals surface area contributed by atoms with Crippen molar-refractivity contribution in [3.05, 3.63) is 35.4 Å². The molecule has 2 nitrogen and oxygen atoms in total. The first-order valence-corrected chi connectivity index (χ1v) is 5.59. The third-order valence-corrected chi connectivity index (χ3v) is 2.76. The Balaban J connectivity index is 2.10. The third-order valence-electron chi connectivity index (χ3n) is 2.76. The molecule has 2 rings (SSSR count). The molecule has 0 saturated carbocycles. The quantitative estimate of drug-likeness (QED) is 0.767. The van der Waals surface area contributed by atoms with Gasteiger partial charge in [-0.2, -0.15) is 0 Å². The molecule has 4 heteroatoms. The van der Waals surface area contributed by atoms with Crippen LogP contribution in [-0.2, 0) is 6.42 Å². The van der Waals surface area contributed by atoms with Gasteiger partial charge >= 0.3 is 0 Å². The Morgan fingerprint density at radius 1 is 1.18 bits per heavy atom. The topological polar surface area (TPSA) is 24.7 Å². The lowest BCUT2D eigenvalue weighted by Crippen LogP contribution is -2.36. The average molecular weight is 236 g/mol. The van der Waals surface area contributed by atoms with Crippen molar-refractivity contribution in [2.75, 3.05) is 6.67 Å². The van der Waals surface area contributed by atoms with Crippen molar-refractivity contribution in [2.24, 2.45) is 9.98 Å². The molecular formula is C13H14F2N2. The first-order valence-electron chi connectivity index (χ1n) is 5.59. The summed E-state index contributed by atoms with van der Waals surface area (Å²) in [6.07, 6.45) is 0.964. The van der Waals surface area contributed by atoms with Crippen LogP contribution in [0.15, 0.2) is 34.3 Å². The first-order chi connectivity index (χ1) is 8.06. The fourth-order valence-corrected chi connectivity index (χ4v) is 1.52. The Kier molecular flexibility index (Phi) is 3.05. The predicted octanol–water partition coefficient (Wildman–Crippen LogP) is 3.11. The maximum absolute atomic E-state index is 13.5. The number of aryl methyl sites for hydroxylation is 1. The number of nitrogens with zero attached hydrogens (tertiary/aromatic N) is 2. The molecule has 1 aromatic rings. The number of rotatable bonds is 4. The molecule has 0 radical (unpaired) electrons. The van der Waals surface area contributed by atoms with Crippen LogP contribution in [0, 0.1) is 0 Å². The van der Waals surface area contributed by atoms with Crippen LogP contribution in [0.25, 0.3) is 0 Å². The normalized spacial score (nSPS) is 17.9. The van der Waals surface area contributed by atoms with Crippen LogP contribution in [-0.4, -0.2) is 24.0 Å². The van der Waals surface area contributed by atoms with Crippen molar-refractivity contribution in [3.8, 4) is 0 Å². The largest absolute Gasteiger partial charge is 0.247 e. The van der Waals surface area contributed by atoms with Crippen molar-refractivity contribution in [2.45, 2.75) is 25.9 Å². The van der Waals surface area contributed by atoms with E-state index >= 15 is 0 Å². The van der Waals surface area contributed by atoms with Gasteiger partial charge in [-0.05, 0) is 18.9 Å². The molecule has 1 aliphatic heterocycles. The fraction of sp³-hybridized carbons (Fsp3) is 0.385. The molecule has 0 bridgehead atoms. The van der Waals surface area contributed by atoms with E-state index in [1.165, 1.54) is 5.56 Å². The summed E-state index contributed by atoms with van der Waals surface area (Å²) in [6.45, 7) is 2.12. The van der Waals surface area contributed by atoms with Crippen LogP contribution >= 0.6 is 0 Å². The zero-order valence-electron chi connectivity index (χ0n) is 9.87. The molecule has 90 valence electrons. The zero-order chi connectivity index (χ0) is 12.5. The van der Waals surface area contributed by atoms with E-state index in [-0.39, 0.29) is 5.84 Å². The van der Waals surface area contributed by atoms with Crippen molar-refractivity contribution in [3.63, 3.8) is 0 Å². The molecule has 1 atom stereocenters. The van der Waals surface area contributed by atoms with Gasteiger partial charge in [0, 0.05) is 5.56 Å². The minimum atomic E-state index is -2.06. The van der Waals surface area contributed by atoms with Gasteiger partial charge in [0.25, 0.3) is 0 Å². The molecule has 1 aliphatic rings. The molecule has 17 heavy (non-hydrogen) atoms. The lowest BCUT2D eigenvalue weighted by molar-refractivity contribution is 0.217.